The maximum atomic E-state index is 10.3. The van der Waals surface area contributed by atoms with Gasteiger partial charge < -0.3 is 15.2 Å². The summed E-state index contributed by atoms with van der Waals surface area (Å²) < 4.78 is 5.80. The van der Waals surface area contributed by atoms with Crippen LogP contribution in [-0.4, -0.2) is 23.9 Å². The topological polar surface area (TPSA) is 41.5 Å². The first-order chi connectivity index (χ1) is 9.94. The zero-order valence-corrected chi connectivity index (χ0v) is 13.8. The molecule has 1 aliphatic rings. The minimum atomic E-state index is -0.787. The fourth-order valence-corrected chi connectivity index (χ4v) is 2.61. The molecule has 0 saturated carbocycles. The number of aliphatic hydroxyl groups is 1. The summed E-state index contributed by atoms with van der Waals surface area (Å²) in [5.74, 6) is 1.04. The quantitative estimate of drug-likeness (QED) is 0.808. The molecule has 2 atom stereocenters. The summed E-state index contributed by atoms with van der Waals surface area (Å²) >= 11 is 0. The Morgan fingerprint density at radius 2 is 2.19 bits per heavy atom. The van der Waals surface area contributed by atoms with Gasteiger partial charge in [0.1, 0.15) is 12.4 Å². The van der Waals surface area contributed by atoms with Gasteiger partial charge in [-0.3, -0.25) is 0 Å². The van der Waals surface area contributed by atoms with E-state index in [9.17, 15) is 5.11 Å². The Kier molecular flexibility index (Phi) is 5.28. The zero-order valence-electron chi connectivity index (χ0n) is 13.8. The number of ether oxygens (including phenoxy) is 1. The standard InChI is InChI=1S/C18H29NO2/c1-5-10-19-17-9-6-14-11-15(7-8-16(14)17)21-12-18(4,20)13(2)3/h7-8,11,13,17,19-20H,5-6,9-10,12H2,1-4H3. The van der Waals surface area contributed by atoms with E-state index in [0.29, 0.717) is 12.6 Å². The van der Waals surface area contributed by atoms with Gasteiger partial charge in [-0.25, -0.2) is 0 Å². The molecule has 0 heterocycles. The van der Waals surface area contributed by atoms with E-state index >= 15 is 0 Å². The number of aryl methyl sites for hydroxylation is 1. The fourth-order valence-electron chi connectivity index (χ4n) is 2.61. The van der Waals surface area contributed by atoms with Crippen LogP contribution in [0.1, 0.15) is 57.7 Å². The van der Waals surface area contributed by atoms with Crippen LogP contribution in [0, 0.1) is 5.92 Å². The van der Waals surface area contributed by atoms with E-state index in [1.807, 2.05) is 26.8 Å². The van der Waals surface area contributed by atoms with E-state index in [0.717, 1.165) is 25.1 Å². The molecule has 0 aromatic heterocycles. The van der Waals surface area contributed by atoms with Crippen LogP contribution in [0.2, 0.25) is 0 Å². The molecule has 2 unspecified atom stereocenters. The maximum Gasteiger partial charge on any atom is 0.119 e. The summed E-state index contributed by atoms with van der Waals surface area (Å²) in [5, 5.41) is 13.8. The normalized spacial score (nSPS) is 20.4. The molecule has 0 spiro atoms. The molecule has 1 aromatic rings. The maximum absolute atomic E-state index is 10.3. The van der Waals surface area contributed by atoms with Crippen LogP contribution in [-0.2, 0) is 6.42 Å². The van der Waals surface area contributed by atoms with Crippen LogP contribution in [0.4, 0.5) is 0 Å². The Balaban J connectivity index is 1.99. The van der Waals surface area contributed by atoms with Crippen molar-refractivity contribution in [1.29, 1.82) is 0 Å². The molecule has 0 bridgehead atoms. The summed E-state index contributed by atoms with van der Waals surface area (Å²) in [4.78, 5) is 0. The minimum absolute atomic E-state index is 0.176. The molecule has 0 amide bonds. The van der Waals surface area contributed by atoms with Gasteiger partial charge in [0.2, 0.25) is 0 Å². The molecular weight excluding hydrogens is 262 g/mol. The van der Waals surface area contributed by atoms with Gasteiger partial charge in [0.15, 0.2) is 0 Å². The summed E-state index contributed by atoms with van der Waals surface area (Å²) in [6, 6.07) is 6.84. The Labute approximate surface area is 128 Å². The van der Waals surface area contributed by atoms with Crippen molar-refractivity contribution in [3.63, 3.8) is 0 Å². The summed E-state index contributed by atoms with van der Waals surface area (Å²) in [5.41, 5.74) is 2.00. The molecule has 0 fully saturated rings. The van der Waals surface area contributed by atoms with Gasteiger partial charge in [-0.2, -0.15) is 0 Å². The lowest BCUT2D eigenvalue weighted by atomic mass is 9.94. The van der Waals surface area contributed by atoms with E-state index in [4.69, 9.17) is 4.74 Å². The van der Waals surface area contributed by atoms with Crippen LogP contribution >= 0.6 is 0 Å². The molecule has 0 saturated heterocycles. The Morgan fingerprint density at radius 1 is 1.43 bits per heavy atom. The lowest BCUT2D eigenvalue weighted by molar-refractivity contribution is -0.0266. The molecular formula is C18H29NO2. The molecule has 1 aliphatic carbocycles. The number of hydrogen-bond donors (Lipinski definition) is 2. The van der Waals surface area contributed by atoms with E-state index in [1.165, 1.54) is 17.5 Å². The second kappa shape index (κ2) is 6.80. The summed E-state index contributed by atoms with van der Waals surface area (Å²) in [7, 11) is 0. The van der Waals surface area contributed by atoms with E-state index in [-0.39, 0.29) is 5.92 Å². The molecule has 21 heavy (non-hydrogen) atoms. The van der Waals surface area contributed by atoms with Crippen molar-refractivity contribution < 1.29 is 9.84 Å². The summed E-state index contributed by atoms with van der Waals surface area (Å²) in [6.07, 6.45) is 3.44. The second-order valence-corrected chi connectivity index (χ2v) is 6.71. The predicted octanol–water partition coefficient (Wildman–Crippen LogP) is 3.46. The highest BCUT2D eigenvalue weighted by molar-refractivity contribution is 5.40. The number of benzene rings is 1. The molecule has 2 rings (SSSR count). The SMILES string of the molecule is CCCNC1CCc2cc(OCC(C)(O)C(C)C)ccc21. The highest BCUT2D eigenvalue weighted by Crippen LogP contribution is 2.33. The van der Waals surface area contributed by atoms with Crippen LogP contribution in [0.5, 0.6) is 5.75 Å². The Bertz CT molecular complexity index is 468. The van der Waals surface area contributed by atoms with Gasteiger partial charge in [-0.15, -0.1) is 0 Å². The fraction of sp³-hybridized carbons (Fsp3) is 0.667. The van der Waals surface area contributed by atoms with Crippen molar-refractivity contribution in [1.82, 2.24) is 5.32 Å². The smallest absolute Gasteiger partial charge is 0.119 e. The predicted molar refractivity (Wildman–Crippen MR) is 86.8 cm³/mol. The van der Waals surface area contributed by atoms with Crippen LogP contribution in [0.15, 0.2) is 18.2 Å². The van der Waals surface area contributed by atoms with Crippen molar-refractivity contribution >= 4 is 0 Å². The first-order valence-corrected chi connectivity index (χ1v) is 8.15. The number of fused-ring (bicyclic) bond motifs is 1. The number of nitrogens with one attached hydrogen (secondary N) is 1. The lowest BCUT2D eigenvalue weighted by Gasteiger charge is -2.27. The summed E-state index contributed by atoms with van der Waals surface area (Å²) in [6.45, 7) is 9.45. The number of rotatable bonds is 7. The minimum Gasteiger partial charge on any atom is -0.491 e. The lowest BCUT2D eigenvalue weighted by Crippen LogP contribution is -2.37. The van der Waals surface area contributed by atoms with Gasteiger partial charge in [0, 0.05) is 6.04 Å². The van der Waals surface area contributed by atoms with Crippen molar-refractivity contribution in [2.45, 2.75) is 58.6 Å². The van der Waals surface area contributed by atoms with E-state index in [1.54, 1.807) is 0 Å². The van der Waals surface area contributed by atoms with Gasteiger partial charge in [0.05, 0.1) is 5.60 Å². The largest absolute Gasteiger partial charge is 0.491 e. The van der Waals surface area contributed by atoms with E-state index < -0.39 is 5.60 Å². The van der Waals surface area contributed by atoms with Crippen LogP contribution in [0.3, 0.4) is 0 Å². The molecule has 3 nitrogen and oxygen atoms in total. The van der Waals surface area contributed by atoms with E-state index in [2.05, 4.69) is 24.4 Å². The van der Waals surface area contributed by atoms with Gasteiger partial charge in [-0.05, 0) is 61.9 Å². The third-order valence-corrected chi connectivity index (χ3v) is 4.61. The zero-order chi connectivity index (χ0) is 15.5. The van der Waals surface area contributed by atoms with Crippen molar-refractivity contribution in [3.8, 4) is 5.75 Å². The monoisotopic (exact) mass is 291 g/mol. The highest BCUT2D eigenvalue weighted by Gasteiger charge is 2.26. The Hall–Kier alpha value is -1.06. The molecule has 2 N–H and O–H groups in total. The highest BCUT2D eigenvalue weighted by atomic mass is 16.5. The average Bonchev–Trinajstić information content (AvgIpc) is 2.85. The van der Waals surface area contributed by atoms with Gasteiger partial charge >= 0.3 is 0 Å². The van der Waals surface area contributed by atoms with Gasteiger partial charge in [0.25, 0.3) is 0 Å². The molecule has 1 aromatic carbocycles. The van der Waals surface area contributed by atoms with Crippen LogP contribution < -0.4 is 10.1 Å². The van der Waals surface area contributed by atoms with Crippen molar-refractivity contribution in [2.75, 3.05) is 13.2 Å². The van der Waals surface area contributed by atoms with Crippen LogP contribution in [0.25, 0.3) is 0 Å². The second-order valence-electron chi connectivity index (χ2n) is 6.71. The third kappa shape index (κ3) is 3.98. The Morgan fingerprint density at radius 3 is 2.86 bits per heavy atom. The van der Waals surface area contributed by atoms with Crippen molar-refractivity contribution in [2.24, 2.45) is 5.92 Å². The third-order valence-electron chi connectivity index (χ3n) is 4.61. The average molecular weight is 291 g/mol. The molecule has 0 radical (unpaired) electrons. The first-order valence-electron chi connectivity index (χ1n) is 8.15. The number of hydrogen-bond acceptors (Lipinski definition) is 3. The molecule has 118 valence electrons. The van der Waals surface area contributed by atoms with Crippen molar-refractivity contribution in [3.05, 3.63) is 29.3 Å². The first kappa shape index (κ1) is 16.3. The molecule has 0 aliphatic heterocycles. The molecule has 3 heteroatoms. The van der Waals surface area contributed by atoms with Gasteiger partial charge in [-0.1, -0.05) is 26.8 Å².